The minimum Gasteiger partial charge on any atom is -0.497 e. The van der Waals surface area contributed by atoms with Crippen LogP contribution >= 0.6 is 0 Å². The molecule has 1 N–H and O–H groups in total. The van der Waals surface area contributed by atoms with Crippen LogP contribution in [-0.4, -0.2) is 76.1 Å². The minimum atomic E-state index is -0.0587. The van der Waals surface area contributed by atoms with Crippen molar-refractivity contribution >= 4 is 11.8 Å². The van der Waals surface area contributed by atoms with Gasteiger partial charge < -0.3 is 24.6 Å². The number of methoxy groups -OCH3 is 2. The zero-order chi connectivity index (χ0) is 19.1. The van der Waals surface area contributed by atoms with Gasteiger partial charge in [0.25, 0.3) is 5.91 Å². The number of nitrogens with one attached hydrogen (secondary N) is 1. The summed E-state index contributed by atoms with van der Waals surface area (Å²) in [4.78, 5) is 28.8. The van der Waals surface area contributed by atoms with Crippen LogP contribution in [0.5, 0.6) is 11.5 Å². The van der Waals surface area contributed by atoms with Crippen molar-refractivity contribution in [3.8, 4) is 11.5 Å². The normalized spacial score (nSPS) is 14.8. The molecule has 144 valence electrons. The lowest BCUT2D eigenvalue weighted by Gasteiger charge is -2.33. The highest BCUT2D eigenvalue weighted by Crippen LogP contribution is 2.26. The molecule has 1 fully saturated rings. The first-order valence-electron chi connectivity index (χ1n) is 8.92. The SMILES string of the molecule is CNCCN(C)C(=O)C1CCN(C(=O)c2cc(OC)cc(OC)c2)CC1. The Balaban J connectivity index is 1.97. The average molecular weight is 363 g/mol. The molecule has 26 heavy (non-hydrogen) atoms. The Hall–Kier alpha value is -2.28. The molecule has 0 aromatic heterocycles. The van der Waals surface area contributed by atoms with Gasteiger partial charge in [-0.3, -0.25) is 9.59 Å². The number of amides is 2. The van der Waals surface area contributed by atoms with Gasteiger partial charge in [0.2, 0.25) is 5.91 Å². The second-order valence-electron chi connectivity index (χ2n) is 6.53. The van der Waals surface area contributed by atoms with Gasteiger partial charge in [-0.1, -0.05) is 0 Å². The number of nitrogens with zero attached hydrogens (tertiary/aromatic N) is 2. The monoisotopic (exact) mass is 363 g/mol. The van der Waals surface area contributed by atoms with E-state index >= 15 is 0 Å². The Morgan fingerprint density at radius 2 is 1.73 bits per heavy atom. The number of likely N-dealkylation sites (tertiary alicyclic amines) is 1. The maximum absolute atomic E-state index is 12.8. The van der Waals surface area contributed by atoms with Crippen LogP contribution in [0.4, 0.5) is 0 Å². The van der Waals surface area contributed by atoms with Gasteiger partial charge in [0, 0.05) is 50.8 Å². The molecule has 0 atom stereocenters. The molecule has 0 spiro atoms. The molecule has 1 aromatic carbocycles. The van der Waals surface area contributed by atoms with Crippen molar-refractivity contribution in [1.82, 2.24) is 15.1 Å². The lowest BCUT2D eigenvalue weighted by Crippen LogP contribution is -2.44. The van der Waals surface area contributed by atoms with Gasteiger partial charge in [0.05, 0.1) is 14.2 Å². The first kappa shape index (κ1) is 20.0. The van der Waals surface area contributed by atoms with Crippen LogP contribution < -0.4 is 14.8 Å². The molecule has 1 aliphatic rings. The fraction of sp³-hybridized carbons (Fsp3) is 0.579. The fourth-order valence-corrected chi connectivity index (χ4v) is 3.14. The molecule has 1 heterocycles. The number of hydrogen-bond acceptors (Lipinski definition) is 5. The Kier molecular flexibility index (Phi) is 7.26. The number of ether oxygens (including phenoxy) is 2. The first-order valence-corrected chi connectivity index (χ1v) is 8.92. The lowest BCUT2D eigenvalue weighted by atomic mass is 9.95. The number of carbonyl (C=O) groups excluding carboxylic acids is 2. The van der Waals surface area contributed by atoms with E-state index in [2.05, 4.69) is 5.32 Å². The molecule has 0 radical (unpaired) electrons. The highest BCUT2D eigenvalue weighted by Gasteiger charge is 2.29. The van der Waals surface area contributed by atoms with Crippen LogP contribution in [0.1, 0.15) is 23.2 Å². The number of hydrogen-bond donors (Lipinski definition) is 1. The molecule has 7 heteroatoms. The van der Waals surface area contributed by atoms with Crippen molar-refractivity contribution in [2.45, 2.75) is 12.8 Å². The van der Waals surface area contributed by atoms with Crippen molar-refractivity contribution in [3.63, 3.8) is 0 Å². The Labute approximate surface area is 155 Å². The maximum atomic E-state index is 12.8. The Morgan fingerprint density at radius 3 is 2.23 bits per heavy atom. The van der Waals surface area contributed by atoms with Gasteiger partial charge in [0.15, 0.2) is 0 Å². The Bertz CT molecular complexity index is 605. The van der Waals surface area contributed by atoms with E-state index in [9.17, 15) is 9.59 Å². The topological polar surface area (TPSA) is 71.1 Å². The molecule has 2 amide bonds. The van der Waals surface area contributed by atoms with Gasteiger partial charge >= 0.3 is 0 Å². The molecular weight excluding hydrogens is 334 g/mol. The standard InChI is InChI=1S/C19H29N3O4/c1-20-7-10-21(2)18(23)14-5-8-22(9-6-14)19(24)15-11-16(25-3)13-17(12-15)26-4/h11-14,20H,5-10H2,1-4H3. The quantitative estimate of drug-likeness (QED) is 0.789. The van der Waals surface area contributed by atoms with Crippen molar-refractivity contribution in [2.24, 2.45) is 5.92 Å². The van der Waals surface area contributed by atoms with Crippen molar-refractivity contribution in [2.75, 3.05) is 54.5 Å². The maximum Gasteiger partial charge on any atom is 0.254 e. The number of carbonyl (C=O) groups is 2. The zero-order valence-electron chi connectivity index (χ0n) is 16.1. The largest absolute Gasteiger partial charge is 0.497 e. The molecule has 1 saturated heterocycles. The molecular formula is C19H29N3O4. The van der Waals surface area contributed by atoms with Gasteiger partial charge in [-0.25, -0.2) is 0 Å². The second-order valence-corrected chi connectivity index (χ2v) is 6.53. The molecule has 7 nitrogen and oxygen atoms in total. The highest BCUT2D eigenvalue weighted by molar-refractivity contribution is 5.95. The first-order chi connectivity index (χ1) is 12.5. The summed E-state index contributed by atoms with van der Waals surface area (Å²) in [5, 5.41) is 3.05. The molecule has 0 bridgehead atoms. The summed E-state index contributed by atoms with van der Waals surface area (Å²) in [5.41, 5.74) is 0.539. The van der Waals surface area contributed by atoms with Crippen LogP contribution in [-0.2, 0) is 4.79 Å². The van der Waals surface area contributed by atoms with E-state index in [0.717, 1.165) is 6.54 Å². The summed E-state index contributed by atoms with van der Waals surface area (Å²) >= 11 is 0. The molecule has 1 aliphatic heterocycles. The van der Waals surface area contributed by atoms with Crippen LogP contribution in [0, 0.1) is 5.92 Å². The summed E-state index contributed by atoms with van der Waals surface area (Å²) in [5.74, 6) is 1.26. The summed E-state index contributed by atoms with van der Waals surface area (Å²) in [6.07, 6.45) is 1.38. The molecule has 1 aromatic rings. The van der Waals surface area contributed by atoms with E-state index in [-0.39, 0.29) is 17.7 Å². The molecule has 0 aliphatic carbocycles. The molecule has 0 saturated carbocycles. The van der Waals surface area contributed by atoms with E-state index in [1.807, 2.05) is 14.1 Å². The number of piperidine rings is 1. The van der Waals surface area contributed by atoms with Crippen LogP contribution in [0.25, 0.3) is 0 Å². The van der Waals surface area contributed by atoms with Crippen molar-refractivity contribution in [1.29, 1.82) is 0 Å². The van der Waals surface area contributed by atoms with Crippen LogP contribution in [0.2, 0.25) is 0 Å². The van der Waals surface area contributed by atoms with Crippen LogP contribution in [0.15, 0.2) is 18.2 Å². The third-order valence-electron chi connectivity index (χ3n) is 4.80. The van der Waals surface area contributed by atoms with E-state index in [1.165, 1.54) is 0 Å². The predicted octanol–water partition coefficient (Wildman–Crippen LogP) is 1.23. The van der Waals surface area contributed by atoms with E-state index < -0.39 is 0 Å². The van der Waals surface area contributed by atoms with Gasteiger partial charge in [-0.15, -0.1) is 0 Å². The molecule has 2 rings (SSSR count). The third kappa shape index (κ3) is 4.88. The second kappa shape index (κ2) is 9.43. The highest BCUT2D eigenvalue weighted by atomic mass is 16.5. The Morgan fingerprint density at radius 1 is 1.15 bits per heavy atom. The van der Waals surface area contributed by atoms with Crippen LogP contribution in [0.3, 0.4) is 0 Å². The van der Waals surface area contributed by atoms with Gasteiger partial charge in [-0.05, 0) is 32.0 Å². The minimum absolute atomic E-state index is 0.0132. The molecule has 0 unspecified atom stereocenters. The van der Waals surface area contributed by atoms with E-state index in [4.69, 9.17) is 9.47 Å². The van der Waals surface area contributed by atoms with E-state index in [1.54, 1.807) is 42.2 Å². The summed E-state index contributed by atoms with van der Waals surface area (Å²) in [7, 11) is 6.82. The fourth-order valence-electron chi connectivity index (χ4n) is 3.14. The van der Waals surface area contributed by atoms with Crippen molar-refractivity contribution < 1.29 is 19.1 Å². The summed E-state index contributed by atoms with van der Waals surface area (Å²) in [6.45, 7) is 2.62. The predicted molar refractivity (Wildman–Crippen MR) is 99.7 cm³/mol. The zero-order valence-corrected chi connectivity index (χ0v) is 16.1. The van der Waals surface area contributed by atoms with E-state index in [0.29, 0.717) is 49.5 Å². The lowest BCUT2D eigenvalue weighted by molar-refractivity contribution is -0.135. The number of likely N-dealkylation sites (N-methyl/N-ethyl adjacent to an activating group) is 2. The smallest absolute Gasteiger partial charge is 0.254 e. The summed E-state index contributed by atoms with van der Waals surface area (Å²) in [6, 6.07) is 5.17. The average Bonchev–Trinajstić information content (AvgIpc) is 2.70. The summed E-state index contributed by atoms with van der Waals surface area (Å²) < 4.78 is 10.5. The van der Waals surface area contributed by atoms with Crippen molar-refractivity contribution in [3.05, 3.63) is 23.8 Å². The number of benzene rings is 1. The van der Waals surface area contributed by atoms with Gasteiger partial charge in [-0.2, -0.15) is 0 Å². The van der Waals surface area contributed by atoms with Gasteiger partial charge in [0.1, 0.15) is 11.5 Å². The third-order valence-corrected chi connectivity index (χ3v) is 4.80. The number of rotatable bonds is 7.